The highest BCUT2D eigenvalue weighted by atomic mass is 15.1. The summed E-state index contributed by atoms with van der Waals surface area (Å²) in [6, 6.07) is 29.5. The smallest absolute Gasteiger partial charge is 0.0709 e. The maximum Gasteiger partial charge on any atom is 0.0709 e. The van der Waals surface area contributed by atoms with Crippen LogP contribution in [0.2, 0.25) is 0 Å². The number of pyridine rings is 1. The van der Waals surface area contributed by atoms with Crippen LogP contribution in [-0.4, -0.2) is 19.1 Å². The van der Waals surface area contributed by atoms with Gasteiger partial charge >= 0.3 is 0 Å². The summed E-state index contributed by atoms with van der Waals surface area (Å²) in [6.45, 7) is 0. The minimum atomic E-state index is 0.964. The molecule has 0 radical (unpaired) electrons. The van der Waals surface area contributed by atoms with Gasteiger partial charge in [0.05, 0.1) is 11.2 Å². The third-order valence-corrected chi connectivity index (χ3v) is 4.71. The molecule has 0 bridgehead atoms. The van der Waals surface area contributed by atoms with Gasteiger partial charge in [-0.3, -0.25) is 0 Å². The molecule has 4 rings (SSSR count). The molecule has 0 amide bonds. The van der Waals surface area contributed by atoms with Gasteiger partial charge in [-0.2, -0.15) is 0 Å². The second-order valence-corrected chi connectivity index (χ2v) is 6.79. The highest BCUT2D eigenvalue weighted by Gasteiger charge is 2.03. The van der Waals surface area contributed by atoms with Gasteiger partial charge in [0.2, 0.25) is 0 Å². The van der Waals surface area contributed by atoms with Crippen molar-refractivity contribution in [2.45, 2.75) is 0 Å². The van der Waals surface area contributed by atoms with Crippen LogP contribution in [-0.2, 0) is 0 Å². The molecule has 3 aromatic carbocycles. The van der Waals surface area contributed by atoms with E-state index in [-0.39, 0.29) is 0 Å². The lowest BCUT2D eigenvalue weighted by Crippen LogP contribution is -2.07. The van der Waals surface area contributed by atoms with Gasteiger partial charge in [0, 0.05) is 25.2 Å². The van der Waals surface area contributed by atoms with Crippen LogP contribution < -0.4 is 4.90 Å². The lowest BCUT2D eigenvalue weighted by Gasteiger charge is -2.13. The normalized spacial score (nSPS) is 11.2. The molecule has 0 N–H and O–H groups in total. The number of aromatic nitrogens is 1. The molecular weight excluding hydrogens is 328 g/mol. The molecule has 0 saturated carbocycles. The number of rotatable bonds is 4. The Morgan fingerprint density at radius 2 is 1.44 bits per heavy atom. The number of hydrogen-bond donors (Lipinski definition) is 0. The number of para-hydroxylation sites is 1. The summed E-state index contributed by atoms with van der Waals surface area (Å²) in [5.41, 5.74) is 6.81. The minimum absolute atomic E-state index is 0.964. The van der Waals surface area contributed by atoms with Crippen LogP contribution in [0, 0.1) is 0 Å². The van der Waals surface area contributed by atoms with Crippen molar-refractivity contribution in [1.82, 2.24) is 4.98 Å². The first-order valence-corrected chi connectivity index (χ1v) is 9.11. The van der Waals surface area contributed by atoms with Gasteiger partial charge in [0.1, 0.15) is 0 Å². The Labute approximate surface area is 160 Å². The van der Waals surface area contributed by atoms with Gasteiger partial charge in [-0.1, -0.05) is 66.7 Å². The first-order chi connectivity index (χ1) is 13.2. The van der Waals surface area contributed by atoms with Crippen molar-refractivity contribution in [2.24, 2.45) is 0 Å². The summed E-state index contributed by atoms with van der Waals surface area (Å²) in [5.74, 6) is 0. The average Bonchev–Trinajstić information content (AvgIpc) is 2.72. The van der Waals surface area contributed by atoms with E-state index in [1.807, 2.05) is 18.2 Å². The van der Waals surface area contributed by atoms with E-state index in [0.717, 1.165) is 16.6 Å². The van der Waals surface area contributed by atoms with Crippen molar-refractivity contribution in [3.8, 4) is 11.1 Å². The lowest BCUT2D eigenvalue weighted by atomic mass is 9.99. The van der Waals surface area contributed by atoms with E-state index in [1.54, 1.807) is 0 Å². The first-order valence-electron chi connectivity index (χ1n) is 9.11. The predicted octanol–water partition coefficient (Wildman–Crippen LogP) is 6.14. The minimum Gasteiger partial charge on any atom is -0.378 e. The van der Waals surface area contributed by atoms with Gasteiger partial charge < -0.3 is 4.90 Å². The van der Waals surface area contributed by atoms with Crippen LogP contribution in [0.5, 0.6) is 0 Å². The molecule has 1 heterocycles. The van der Waals surface area contributed by atoms with Crippen molar-refractivity contribution in [3.63, 3.8) is 0 Å². The third-order valence-electron chi connectivity index (χ3n) is 4.71. The molecule has 2 nitrogen and oxygen atoms in total. The molecule has 0 aliphatic carbocycles. The molecule has 0 aliphatic heterocycles. The molecule has 4 aromatic rings. The highest BCUT2D eigenvalue weighted by molar-refractivity contribution is 5.83. The monoisotopic (exact) mass is 350 g/mol. The number of anilines is 1. The predicted molar refractivity (Wildman–Crippen MR) is 117 cm³/mol. The van der Waals surface area contributed by atoms with Crippen LogP contribution in [0.15, 0.2) is 84.9 Å². The van der Waals surface area contributed by atoms with E-state index in [9.17, 15) is 0 Å². The maximum absolute atomic E-state index is 4.73. The van der Waals surface area contributed by atoms with Crippen LogP contribution in [0.3, 0.4) is 0 Å². The van der Waals surface area contributed by atoms with Gasteiger partial charge in [0.15, 0.2) is 0 Å². The largest absolute Gasteiger partial charge is 0.378 e. The molecule has 0 unspecified atom stereocenters. The third kappa shape index (κ3) is 3.75. The molecule has 0 fully saturated rings. The van der Waals surface area contributed by atoms with Gasteiger partial charge in [-0.05, 0) is 47.0 Å². The van der Waals surface area contributed by atoms with E-state index in [0.29, 0.717) is 0 Å². The lowest BCUT2D eigenvalue weighted by molar-refractivity contribution is 1.13. The molecule has 0 aliphatic rings. The molecule has 0 atom stereocenters. The van der Waals surface area contributed by atoms with Crippen LogP contribution in [0.1, 0.15) is 11.3 Å². The zero-order chi connectivity index (χ0) is 18.6. The number of nitrogens with zero attached hydrogens (tertiary/aromatic N) is 2. The van der Waals surface area contributed by atoms with Gasteiger partial charge in [-0.15, -0.1) is 0 Å². The maximum atomic E-state index is 4.73. The quantitative estimate of drug-likeness (QED) is 0.439. The van der Waals surface area contributed by atoms with E-state index in [2.05, 4.69) is 97.9 Å². The summed E-state index contributed by atoms with van der Waals surface area (Å²) in [4.78, 5) is 6.84. The SMILES string of the molecule is CN(C)c1ccc(-c2ccccc2/C=C/c2ccc3ccccc3n2)cc1. The Kier molecular flexibility index (Phi) is 4.71. The first kappa shape index (κ1) is 17.0. The Balaban J connectivity index is 1.66. The number of hydrogen-bond acceptors (Lipinski definition) is 2. The Morgan fingerprint density at radius 3 is 2.26 bits per heavy atom. The number of fused-ring (bicyclic) bond motifs is 1. The zero-order valence-electron chi connectivity index (χ0n) is 15.6. The van der Waals surface area contributed by atoms with Crippen molar-refractivity contribution < 1.29 is 0 Å². The number of benzene rings is 3. The summed E-state index contributed by atoms with van der Waals surface area (Å²) >= 11 is 0. The van der Waals surface area contributed by atoms with Gasteiger partial charge in [-0.25, -0.2) is 4.98 Å². The van der Waals surface area contributed by atoms with Gasteiger partial charge in [0.25, 0.3) is 0 Å². The standard InChI is InChI=1S/C25H22N2/c1-27(2)23-17-13-20(14-18-23)24-9-5-3-7-19(24)11-15-22-16-12-21-8-4-6-10-25(21)26-22/h3-18H,1-2H3/b15-11+. The zero-order valence-corrected chi connectivity index (χ0v) is 15.6. The molecule has 27 heavy (non-hydrogen) atoms. The molecule has 0 spiro atoms. The molecule has 0 saturated heterocycles. The second-order valence-electron chi connectivity index (χ2n) is 6.79. The van der Waals surface area contributed by atoms with E-state index < -0.39 is 0 Å². The summed E-state index contributed by atoms with van der Waals surface area (Å²) in [5, 5.41) is 1.16. The van der Waals surface area contributed by atoms with Crippen molar-refractivity contribution >= 4 is 28.7 Å². The van der Waals surface area contributed by atoms with Crippen LogP contribution in [0.4, 0.5) is 5.69 Å². The molecule has 2 heteroatoms. The molecule has 132 valence electrons. The van der Waals surface area contributed by atoms with Crippen LogP contribution in [0.25, 0.3) is 34.2 Å². The van der Waals surface area contributed by atoms with E-state index in [4.69, 9.17) is 4.98 Å². The Bertz CT molecular complexity index is 1090. The summed E-state index contributed by atoms with van der Waals surface area (Å²) < 4.78 is 0. The molecule has 1 aromatic heterocycles. The Morgan fingerprint density at radius 1 is 0.704 bits per heavy atom. The topological polar surface area (TPSA) is 16.1 Å². The fourth-order valence-electron chi connectivity index (χ4n) is 3.19. The van der Waals surface area contributed by atoms with E-state index >= 15 is 0 Å². The Hall–Kier alpha value is -3.39. The van der Waals surface area contributed by atoms with Crippen LogP contribution >= 0.6 is 0 Å². The molecular formula is C25H22N2. The van der Waals surface area contributed by atoms with Crippen molar-refractivity contribution in [3.05, 3.63) is 96.2 Å². The van der Waals surface area contributed by atoms with Crippen molar-refractivity contribution in [1.29, 1.82) is 0 Å². The van der Waals surface area contributed by atoms with Crippen molar-refractivity contribution in [2.75, 3.05) is 19.0 Å². The average molecular weight is 350 g/mol. The fourth-order valence-corrected chi connectivity index (χ4v) is 3.19. The summed E-state index contributed by atoms with van der Waals surface area (Å²) in [7, 11) is 4.12. The summed E-state index contributed by atoms with van der Waals surface area (Å²) in [6.07, 6.45) is 4.23. The second kappa shape index (κ2) is 7.46. The highest BCUT2D eigenvalue weighted by Crippen LogP contribution is 2.27. The van der Waals surface area contributed by atoms with E-state index in [1.165, 1.54) is 22.4 Å². The fraction of sp³-hybridized carbons (Fsp3) is 0.0800.